The van der Waals surface area contributed by atoms with Gasteiger partial charge in [0.1, 0.15) is 0 Å². The van der Waals surface area contributed by atoms with E-state index in [9.17, 15) is 4.79 Å². The molecule has 1 saturated heterocycles. The van der Waals surface area contributed by atoms with Crippen molar-refractivity contribution in [1.29, 1.82) is 0 Å². The first-order chi connectivity index (χ1) is 6.02. The lowest BCUT2D eigenvalue weighted by atomic mass is 9.93. The van der Waals surface area contributed by atoms with E-state index in [4.69, 9.17) is 5.73 Å². The average Bonchev–Trinajstić information content (AvgIpc) is 2.03. The zero-order valence-electron chi connectivity index (χ0n) is 8.66. The highest BCUT2D eigenvalue weighted by molar-refractivity contribution is 5.72. The highest BCUT2D eigenvalue weighted by Crippen LogP contribution is 2.19. The van der Waals surface area contributed by atoms with E-state index in [-0.39, 0.29) is 6.03 Å². The lowest BCUT2D eigenvalue weighted by Gasteiger charge is -2.39. The molecule has 2 atom stereocenters. The van der Waals surface area contributed by atoms with Crippen LogP contribution in [-0.2, 0) is 0 Å². The Morgan fingerprint density at radius 2 is 2.23 bits per heavy atom. The first kappa shape index (κ1) is 10.3. The highest BCUT2D eigenvalue weighted by atomic mass is 16.2. The molecule has 1 aliphatic heterocycles. The molecule has 2 amide bonds. The Balaban J connectivity index is 2.55. The van der Waals surface area contributed by atoms with Crippen LogP contribution in [0.1, 0.15) is 13.3 Å². The SMILES string of the molecule is CC1CN(C)CCC1N(C)C(N)=O. The average molecular weight is 185 g/mol. The summed E-state index contributed by atoms with van der Waals surface area (Å²) >= 11 is 0. The Kier molecular flexibility index (Phi) is 3.14. The predicted molar refractivity (Wildman–Crippen MR) is 52.4 cm³/mol. The Morgan fingerprint density at radius 1 is 1.62 bits per heavy atom. The van der Waals surface area contributed by atoms with E-state index in [1.54, 1.807) is 11.9 Å². The fourth-order valence-electron chi connectivity index (χ4n) is 2.08. The molecule has 0 aromatic rings. The van der Waals surface area contributed by atoms with Crippen LogP contribution in [-0.4, -0.2) is 49.1 Å². The van der Waals surface area contributed by atoms with Crippen LogP contribution in [0, 0.1) is 5.92 Å². The van der Waals surface area contributed by atoms with Gasteiger partial charge in [-0.25, -0.2) is 4.79 Å². The third-order valence-corrected chi connectivity index (χ3v) is 2.91. The van der Waals surface area contributed by atoms with Crippen molar-refractivity contribution in [1.82, 2.24) is 9.80 Å². The summed E-state index contributed by atoms with van der Waals surface area (Å²) < 4.78 is 0. The van der Waals surface area contributed by atoms with E-state index in [0.717, 1.165) is 19.5 Å². The van der Waals surface area contributed by atoms with Crippen LogP contribution in [0.4, 0.5) is 4.79 Å². The molecule has 1 heterocycles. The largest absolute Gasteiger partial charge is 0.351 e. The summed E-state index contributed by atoms with van der Waals surface area (Å²) in [6, 6.07) is -0.00453. The molecule has 0 spiro atoms. The van der Waals surface area contributed by atoms with Gasteiger partial charge in [0, 0.05) is 19.6 Å². The number of rotatable bonds is 1. The molecule has 2 unspecified atom stereocenters. The lowest BCUT2D eigenvalue weighted by Crippen LogP contribution is -2.51. The summed E-state index contributed by atoms with van der Waals surface area (Å²) in [6.07, 6.45) is 1.02. The zero-order chi connectivity index (χ0) is 10.0. The van der Waals surface area contributed by atoms with Gasteiger partial charge in [-0.2, -0.15) is 0 Å². The number of carbonyl (C=O) groups excluding carboxylic acids is 1. The molecule has 0 aromatic heterocycles. The Morgan fingerprint density at radius 3 is 2.69 bits per heavy atom. The number of nitrogens with zero attached hydrogens (tertiary/aromatic N) is 2. The number of carbonyl (C=O) groups is 1. The third-order valence-electron chi connectivity index (χ3n) is 2.91. The summed E-state index contributed by atoms with van der Waals surface area (Å²) in [5, 5.41) is 0. The zero-order valence-corrected chi connectivity index (χ0v) is 8.66. The van der Waals surface area contributed by atoms with Crippen molar-refractivity contribution in [2.75, 3.05) is 27.2 Å². The second kappa shape index (κ2) is 3.96. The van der Waals surface area contributed by atoms with Crippen molar-refractivity contribution >= 4 is 6.03 Å². The first-order valence-corrected chi connectivity index (χ1v) is 4.73. The lowest BCUT2D eigenvalue weighted by molar-refractivity contribution is 0.111. The monoisotopic (exact) mass is 185 g/mol. The Bertz CT molecular complexity index is 195. The van der Waals surface area contributed by atoms with Gasteiger partial charge in [-0.3, -0.25) is 0 Å². The molecule has 2 N–H and O–H groups in total. The van der Waals surface area contributed by atoms with Gasteiger partial charge in [0.25, 0.3) is 0 Å². The van der Waals surface area contributed by atoms with Crippen LogP contribution in [0.3, 0.4) is 0 Å². The molecule has 1 rings (SSSR count). The normalized spacial score (nSPS) is 30.1. The van der Waals surface area contributed by atoms with Crippen LogP contribution in [0.15, 0.2) is 0 Å². The predicted octanol–water partition coefficient (Wildman–Crippen LogP) is 0.337. The minimum Gasteiger partial charge on any atom is -0.351 e. The number of likely N-dealkylation sites (tertiary alicyclic amines) is 1. The van der Waals surface area contributed by atoms with E-state index in [0.29, 0.717) is 12.0 Å². The molecule has 0 aliphatic carbocycles. The standard InChI is InChI=1S/C9H19N3O/c1-7-6-11(2)5-4-8(7)12(3)9(10)13/h7-8H,4-6H2,1-3H3,(H2,10,13). The fourth-order valence-corrected chi connectivity index (χ4v) is 2.08. The number of urea groups is 1. The van der Waals surface area contributed by atoms with Crippen LogP contribution >= 0.6 is 0 Å². The molecule has 0 saturated carbocycles. The number of primary amides is 1. The number of amides is 2. The summed E-state index contributed by atoms with van der Waals surface area (Å²) in [5.41, 5.74) is 5.24. The van der Waals surface area contributed by atoms with Crippen molar-refractivity contribution < 1.29 is 4.79 Å². The third kappa shape index (κ3) is 2.34. The molecule has 0 aromatic carbocycles. The van der Waals surface area contributed by atoms with E-state index in [2.05, 4.69) is 18.9 Å². The first-order valence-electron chi connectivity index (χ1n) is 4.73. The molecule has 0 bridgehead atoms. The summed E-state index contributed by atoms with van der Waals surface area (Å²) in [6.45, 7) is 4.26. The number of hydrogen-bond acceptors (Lipinski definition) is 2. The number of piperidine rings is 1. The van der Waals surface area contributed by atoms with Crippen molar-refractivity contribution in [3.63, 3.8) is 0 Å². The molecule has 76 valence electrons. The molecular formula is C9H19N3O. The van der Waals surface area contributed by atoms with Gasteiger partial charge < -0.3 is 15.5 Å². The Labute approximate surface area is 79.7 Å². The molecule has 4 nitrogen and oxygen atoms in total. The maximum Gasteiger partial charge on any atom is 0.314 e. The van der Waals surface area contributed by atoms with E-state index in [1.807, 2.05) is 0 Å². The maximum atomic E-state index is 11.0. The summed E-state index contributed by atoms with van der Waals surface area (Å²) in [7, 11) is 3.89. The van der Waals surface area contributed by atoms with Crippen molar-refractivity contribution in [3.8, 4) is 0 Å². The van der Waals surface area contributed by atoms with Gasteiger partial charge in [-0.05, 0) is 25.9 Å². The molecule has 1 fully saturated rings. The van der Waals surface area contributed by atoms with Gasteiger partial charge in [0.05, 0.1) is 0 Å². The van der Waals surface area contributed by atoms with E-state index >= 15 is 0 Å². The van der Waals surface area contributed by atoms with E-state index < -0.39 is 0 Å². The van der Waals surface area contributed by atoms with Gasteiger partial charge in [0.15, 0.2) is 0 Å². The van der Waals surface area contributed by atoms with Crippen LogP contribution in [0.5, 0.6) is 0 Å². The Hall–Kier alpha value is -0.770. The molecule has 4 heteroatoms. The van der Waals surface area contributed by atoms with Gasteiger partial charge in [-0.1, -0.05) is 6.92 Å². The van der Waals surface area contributed by atoms with Crippen molar-refractivity contribution in [2.45, 2.75) is 19.4 Å². The number of hydrogen-bond donors (Lipinski definition) is 1. The highest BCUT2D eigenvalue weighted by Gasteiger charge is 2.28. The number of nitrogens with two attached hydrogens (primary N) is 1. The summed E-state index contributed by atoms with van der Waals surface area (Å²) in [5.74, 6) is 0.510. The molecular weight excluding hydrogens is 166 g/mol. The fraction of sp³-hybridized carbons (Fsp3) is 0.889. The molecule has 1 aliphatic rings. The van der Waals surface area contributed by atoms with Crippen molar-refractivity contribution in [2.24, 2.45) is 11.7 Å². The smallest absolute Gasteiger partial charge is 0.314 e. The molecule has 0 radical (unpaired) electrons. The second-order valence-electron chi connectivity index (χ2n) is 4.04. The van der Waals surface area contributed by atoms with Crippen LogP contribution in [0.2, 0.25) is 0 Å². The quantitative estimate of drug-likeness (QED) is 0.640. The maximum absolute atomic E-state index is 11.0. The van der Waals surface area contributed by atoms with E-state index in [1.165, 1.54) is 0 Å². The minimum absolute atomic E-state index is 0.314. The second-order valence-corrected chi connectivity index (χ2v) is 4.04. The van der Waals surface area contributed by atoms with Crippen molar-refractivity contribution in [3.05, 3.63) is 0 Å². The van der Waals surface area contributed by atoms with Gasteiger partial charge in [-0.15, -0.1) is 0 Å². The van der Waals surface area contributed by atoms with Gasteiger partial charge >= 0.3 is 6.03 Å². The van der Waals surface area contributed by atoms with Crippen LogP contribution in [0.25, 0.3) is 0 Å². The van der Waals surface area contributed by atoms with Crippen LogP contribution < -0.4 is 5.73 Å². The topological polar surface area (TPSA) is 49.6 Å². The van der Waals surface area contributed by atoms with Gasteiger partial charge in [0.2, 0.25) is 0 Å². The molecule has 13 heavy (non-hydrogen) atoms. The summed E-state index contributed by atoms with van der Waals surface area (Å²) in [4.78, 5) is 14.9. The minimum atomic E-state index is -0.318.